The van der Waals surface area contributed by atoms with Crippen molar-refractivity contribution in [2.75, 3.05) is 12.9 Å². The van der Waals surface area contributed by atoms with Gasteiger partial charge in [0, 0.05) is 0 Å². The van der Waals surface area contributed by atoms with E-state index >= 15 is 0 Å². The van der Waals surface area contributed by atoms with E-state index < -0.39 is 0 Å². The fourth-order valence-corrected chi connectivity index (χ4v) is 1.59. The molecule has 0 unspecified atom stereocenters. The van der Waals surface area contributed by atoms with Gasteiger partial charge in [0.1, 0.15) is 5.75 Å². The Kier molecular flexibility index (Phi) is 6.74. The Balaban J connectivity index is 2.62. The van der Waals surface area contributed by atoms with Crippen LogP contribution < -0.4 is 10.1 Å². The zero-order valence-electron chi connectivity index (χ0n) is 10.6. The first-order chi connectivity index (χ1) is 8.80. The standard InChI is InChI=1S/C13H17N3OS/c1-3-4-9-17-12-7-5-11(6-8-12)16-13(18-2)15-10-14/h5-8H,3-4,9H2,1-2H3,(H,15,16). The smallest absolute Gasteiger partial charge is 0.183 e. The Morgan fingerprint density at radius 3 is 2.72 bits per heavy atom. The Morgan fingerprint density at radius 1 is 1.44 bits per heavy atom. The van der Waals surface area contributed by atoms with Gasteiger partial charge >= 0.3 is 0 Å². The van der Waals surface area contributed by atoms with Crippen molar-refractivity contribution in [1.29, 1.82) is 5.26 Å². The minimum absolute atomic E-state index is 0.581. The molecule has 0 saturated carbocycles. The summed E-state index contributed by atoms with van der Waals surface area (Å²) in [7, 11) is 0. The van der Waals surface area contributed by atoms with E-state index in [1.54, 1.807) is 0 Å². The maximum Gasteiger partial charge on any atom is 0.183 e. The molecule has 0 aliphatic heterocycles. The number of benzene rings is 1. The molecular formula is C13H17N3OS. The third-order valence-corrected chi connectivity index (χ3v) is 2.77. The largest absolute Gasteiger partial charge is 0.494 e. The van der Waals surface area contributed by atoms with Crippen LogP contribution in [0.25, 0.3) is 0 Å². The number of unbranched alkanes of at least 4 members (excludes halogenated alkanes) is 1. The molecule has 5 heteroatoms. The van der Waals surface area contributed by atoms with Crippen molar-refractivity contribution in [3.63, 3.8) is 0 Å². The lowest BCUT2D eigenvalue weighted by Gasteiger charge is -2.05. The average Bonchev–Trinajstić information content (AvgIpc) is 2.40. The Labute approximate surface area is 112 Å². The third kappa shape index (κ3) is 5.11. The van der Waals surface area contributed by atoms with Crippen molar-refractivity contribution >= 4 is 22.6 Å². The first-order valence-electron chi connectivity index (χ1n) is 5.80. The molecule has 0 saturated heterocycles. The number of nitrogens with zero attached hydrogens (tertiary/aromatic N) is 2. The summed E-state index contributed by atoms with van der Waals surface area (Å²) in [6, 6.07) is 7.52. The van der Waals surface area contributed by atoms with E-state index in [9.17, 15) is 0 Å². The minimum atomic E-state index is 0.581. The zero-order valence-corrected chi connectivity index (χ0v) is 11.5. The third-order valence-electron chi connectivity index (χ3n) is 2.19. The molecule has 0 bridgehead atoms. The van der Waals surface area contributed by atoms with Crippen LogP contribution in [0.15, 0.2) is 29.3 Å². The Hall–Kier alpha value is -1.67. The molecular weight excluding hydrogens is 246 g/mol. The Bertz CT molecular complexity index is 423. The van der Waals surface area contributed by atoms with Crippen LogP contribution in [0.1, 0.15) is 19.8 Å². The average molecular weight is 263 g/mol. The normalized spacial score (nSPS) is 10.8. The quantitative estimate of drug-likeness (QED) is 0.291. The molecule has 0 amide bonds. The molecule has 4 nitrogen and oxygen atoms in total. The topological polar surface area (TPSA) is 57.4 Å². The highest BCUT2D eigenvalue weighted by Gasteiger charge is 1.97. The molecule has 0 aliphatic rings. The van der Waals surface area contributed by atoms with E-state index in [0.29, 0.717) is 5.17 Å². The first kappa shape index (κ1) is 14.4. The number of hydrogen-bond acceptors (Lipinski definition) is 4. The lowest BCUT2D eigenvalue weighted by atomic mass is 10.3. The van der Waals surface area contributed by atoms with Crippen LogP contribution in [-0.2, 0) is 0 Å². The van der Waals surface area contributed by atoms with Crippen LogP contribution in [0.3, 0.4) is 0 Å². The van der Waals surface area contributed by atoms with Crippen molar-refractivity contribution in [3.8, 4) is 11.9 Å². The van der Waals surface area contributed by atoms with Crippen LogP contribution in [0.5, 0.6) is 5.75 Å². The van der Waals surface area contributed by atoms with Gasteiger partial charge in [0.25, 0.3) is 0 Å². The number of nitriles is 1. The lowest BCUT2D eigenvalue weighted by Crippen LogP contribution is -2.12. The molecule has 1 N–H and O–H groups in total. The van der Waals surface area contributed by atoms with E-state index in [1.807, 2.05) is 36.7 Å². The maximum atomic E-state index is 8.54. The minimum Gasteiger partial charge on any atom is -0.494 e. The van der Waals surface area contributed by atoms with Crippen molar-refractivity contribution in [3.05, 3.63) is 24.3 Å². The van der Waals surface area contributed by atoms with Gasteiger partial charge in [0.15, 0.2) is 11.4 Å². The van der Waals surface area contributed by atoms with E-state index in [2.05, 4.69) is 17.2 Å². The molecule has 0 aromatic heterocycles. The van der Waals surface area contributed by atoms with Gasteiger partial charge in [-0.25, -0.2) is 4.99 Å². The second-order valence-corrected chi connectivity index (χ2v) is 4.35. The van der Waals surface area contributed by atoms with Gasteiger partial charge in [-0.3, -0.25) is 5.32 Å². The molecule has 0 radical (unpaired) electrons. The van der Waals surface area contributed by atoms with Gasteiger partial charge in [-0.15, -0.1) is 0 Å². The molecule has 0 spiro atoms. The highest BCUT2D eigenvalue weighted by Crippen LogP contribution is 2.19. The van der Waals surface area contributed by atoms with Crippen LogP contribution in [-0.4, -0.2) is 18.0 Å². The number of hydrogen-bond donors (Lipinski definition) is 1. The molecule has 0 fully saturated rings. The second kappa shape index (κ2) is 8.43. The summed E-state index contributed by atoms with van der Waals surface area (Å²) in [6.45, 7) is 2.87. The van der Waals surface area contributed by atoms with Gasteiger partial charge in [-0.1, -0.05) is 25.1 Å². The lowest BCUT2D eigenvalue weighted by molar-refractivity contribution is 0.309. The second-order valence-electron chi connectivity index (χ2n) is 3.55. The Morgan fingerprint density at radius 2 is 2.17 bits per heavy atom. The van der Waals surface area contributed by atoms with Gasteiger partial charge in [0.05, 0.1) is 12.3 Å². The summed E-state index contributed by atoms with van der Waals surface area (Å²) >= 11 is 1.40. The van der Waals surface area contributed by atoms with Gasteiger partial charge in [-0.2, -0.15) is 5.26 Å². The van der Waals surface area contributed by atoms with E-state index in [1.165, 1.54) is 11.8 Å². The maximum absolute atomic E-state index is 8.54. The summed E-state index contributed by atoms with van der Waals surface area (Å²) in [4.78, 5) is 4.29. The summed E-state index contributed by atoms with van der Waals surface area (Å²) < 4.78 is 5.56. The molecule has 1 aromatic carbocycles. The van der Waals surface area contributed by atoms with Crippen molar-refractivity contribution < 1.29 is 4.74 Å². The monoisotopic (exact) mass is 263 g/mol. The van der Waals surface area contributed by atoms with Crippen molar-refractivity contribution in [2.24, 2.45) is 4.99 Å². The van der Waals surface area contributed by atoms with E-state index in [4.69, 9.17) is 10.00 Å². The molecule has 0 aliphatic carbocycles. The van der Waals surface area contributed by atoms with Gasteiger partial charge in [0.2, 0.25) is 0 Å². The van der Waals surface area contributed by atoms with Gasteiger partial charge in [-0.05, 0) is 36.9 Å². The molecule has 0 atom stereocenters. The summed E-state index contributed by atoms with van der Waals surface area (Å²) in [5, 5.41) is 11.6. The SMILES string of the molecule is CCCCOc1ccc(N=C(NC#N)SC)cc1. The highest BCUT2D eigenvalue weighted by atomic mass is 32.2. The van der Waals surface area contributed by atoms with Crippen molar-refractivity contribution in [1.82, 2.24) is 5.32 Å². The molecule has 0 heterocycles. The van der Waals surface area contributed by atoms with Gasteiger partial charge < -0.3 is 4.74 Å². The summed E-state index contributed by atoms with van der Waals surface area (Å²) in [5.74, 6) is 0.848. The van der Waals surface area contributed by atoms with Crippen LogP contribution in [0, 0.1) is 11.5 Å². The predicted octanol–water partition coefficient (Wildman–Crippen LogP) is 3.29. The van der Waals surface area contributed by atoms with Crippen LogP contribution >= 0.6 is 11.8 Å². The fourth-order valence-electron chi connectivity index (χ4n) is 1.24. The van der Waals surface area contributed by atoms with Crippen LogP contribution in [0.4, 0.5) is 5.69 Å². The van der Waals surface area contributed by atoms with Crippen LogP contribution in [0.2, 0.25) is 0 Å². The number of ether oxygens (including phenoxy) is 1. The number of rotatable bonds is 5. The molecule has 96 valence electrons. The molecule has 1 aromatic rings. The fraction of sp³-hybridized carbons (Fsp3) is 0.385. The number of thioether (sulfide) groups is 1. The first-order valence-corrected chi connectivity index (χ1v) is 7.03. The molecule has 18 heavy (non-hydrogen) atoms. The number of aliphatic imine (C=N–C) groups is 1. The highest BCUT2D eigenvalue weighted by molar-refractivity contribution is 8.13. The molecule has 1 rings (SSSR count). The number of nitrogens with one attached hydrogen (secondary N) is 1. The number of amidine groups is 1. The predicted molar refractivity (Wildman–Crippen MR) is 76.2 cm³/mol. The summed E-state index contributed by atoms with van der Waals surface area (Å²) in [6.07, 6.45) is 5.91. The van der Waals surface area contributed by atoms with E-state index in [0.717, 1.165) is 30.9 Å². The van der Waals surface area contributed by atoms with Crippen molar-refractivity contribution in [2.45, 2.75) is 19.8 Å². The zero-order chi connectivity index (χ0) is 13.2. The van der Waals surface area contributed by atoms with E-state index in [-0.39, 0.29) is 0 Å². The summed E-state index contributed by atoms with van der Waals surface area (Å²) in [5.41, 5.74) is 0.796.